The summed E-state index contributed by atoms with van der Waals surface area (Å²) in [6.45, 7) is 5.25. The summed E-state index contributed by atoms with van der Waals surface area (Å²) in [6.07, 6.45) is 1.37. The third-order valence-corrected chi connectivity index (χ3v) is 3.85. The minimum Gasteiger partial charge on any atom is -0.370 e. The molecule has 2 unspecified atom stereocenters. The van der Waals surface area contributed by atoms with Crippen molar-refractivity contribution in [3.8, 4) is 0 Å². The summed E-state index contributed by atoms with van der Waals surface area (Å²) in [4.78, 5) is 14.0. The largest absolute Gasteiger partial charge is 0.370 e. The van der Waals surface area contributed by atoms with Gasteiger partial charge in [0.15, 0.2) is 0 Å². The Morgan fingerprint density at radius 3 is 3.00 bits per heavy atom. The highest BCUT2D eigenvalue weighted by Gasteiger charge is 2.28. The van der Waals surface area contributed by atoms with E-state index in [9.17, 15) is 9.18 Å². The van der Waals surface area contributed by atoms with Crippen molar-refractivity contribution < 1.29 is 13.9 Å². The van der Waals surface area contributed by atoms with Crippen LogP contribution in [0.2, 0.25) is 0 Å². The smallest absolute Gasteiger partial charge is 0.239 e. The van der Waals surface area contributed by atoms with Gasteiger partial charge in [-0.15, -0.1) is 0 Å². The molecule has 0 aromatic heterocycles. The predicted octanol–water partition coefficient (Wildman–Crippen LogP) is 2.16. The molecular formula is C16H23FN2O2. The van der Waals surface area contributed by atoms with Crippen molar-refractivity contribution in [2.24, 2.45) is 5.73 Å². The second-order valence-electron chi connectivity index (χ2n) is 5.55. The van der Waals surface area contributed by atoms with Crippen LogP contribution in [-0.2, 0) is 9.53 Å². The summed E-state index contributed by atoms with van der Waals surface area (Å²) in [5, 5.41) is 0. The van der Waals surface area contributed by atoms with Gasteiger partial charge in [-0.25, -0.2) is 4.39 Å². The highest BCUT2D eigenvalue weighted by molar-refractivity contribution is 5.81. The maximum atomic E-state index is 13.3. The quantitative estimate of drug-likeness (QED) is 0.926. The van der Waals surface area contributed by atoms with E-state index in [4.69, 9.17) is 10.5 Å². The fraction of sp³-hybridized carbons (Fsp3) is 0.562. The van der Waals surface area contributed by atoms with Crippen molar-refractivity contribution in [1.82, 2.24) is 4.90 Å². The van der Waals surface area contributed by atoms with Gasteiger partial charge in [0, 0.05) is 6.54 Å². The van der Waals surface area contributed by atoms with E-state index < -0.39 is 6.04 Å². The molecule has 0 radical (unpaired) electrons. The Morgan fingerprint density at radius 2 is 2.33 bits per heavy atom. The molecule has 0 bridgehead atoms. The van der Waals surface area contributed by atoms with E-state index in [2.05, 4.69) is 0 Å². The standard InChI is InChI=1S/C16H23FN2O2/c1-3-4-14(18)16(20)19-7-8-21-15(10-19)12-5-6-13(17)11(2)9-12/h5-6,9,14-15H,3-4,7-8,10,18H2,1-2H3. The van der Waals surface area contributed by atoms with E-state index in [0.29, 0.717) is 31.7 Å². The number of ether oxygens (including phenoxy) is 1. The fourth-order valence-electron chi connectivity index (χ4n) is 2.59. The average Bonchev–Trinajstić information content (AvgIpc) is 2.49. The van der Waals surface area contributed by atoms with Crippen LogP contribution < -0.4 is 5.73 Å². The number of hydrogen-bond donors (Lipinski definition) is 1. The maximum Gasteiger partial charge on any atom is 0.239 e. The molecule has 21 heavy (non-hydrogen) atoms. The van der Waals surface area contributed by atoms with Crippen LogP contribution in [0.3, 0.4) is 0 Å². The SMILES string of the molecule is CCCC(N)C(=O)N1CCOC(c2ccc(F)c(C)c2)C1. The van der Waals surface area contributed by atoms with Crippen LogP contribution in [0.5, 0.6) is 0 Å². The zero-order chi connectivity index (χ0) is 15.4. The van der Waals surface area contributed by atoms with Crippen molar-refractivity contribution in [3.63, 3.8) is 0 Å². The zero-order valence-corrected chi connectivity index (χ0v) is 12.6. The number of amides is 1. The Hall–Kier alpha value is -1.46. The van der Waals surface area contributed by atoms with Crippen molar-refractivity contribution in [3.05, 3.63) is 35.1 Å². The molecule has 0 saturated carbocycles. The molecule has 116 valence electrons. The number of hydrogen-bond acceptors (Lipinski definition) is 3. The van der Waals surface area contributed by atoms with Crippen LogP contribution in [0.1, 0.15) is 37.0 Å². The van der Waals surface area contributed by atoms with E-state index in [1.165, 1.54) is 6.07 Å². The first-order chi connectivity index (χ1) is 10.0. The number of halogens is 1. The lowest BCUT2D eigenvalue weighted by Crippen LogP contribution is -2.49. The molecular weight excluding hydrogens is 271 g/mol. The van der Waals surface area contributed by atoms with E-state index in [0.717, 1.165) is 12.0 Å². The second-order valence-corrected chi connectivity index (χ2v) is 5.55. The van der Waals surface area contributed by atoms with Crippen LogP contribution in [0.15, 0.2) is 18.2 Å². The summed E-state index contributed by atoms with van der Waals surface area (Å²) in [7, 11) is 0. The number of benzene rings is 1. The Labute approximate surface area is 125 Å². The summed E-state index contributed by atoms with van der Waals surface area (Å²) >= 11 is 0. The topological polar surface area (TPSA) is 55.6 Å². The highest BCUT2D eigenvalue weighted by atomic mass is 19.1. The zero-order valence-electron chi connectivity index (χ0n) is 12.6. The number of nitrogens with two attached hydrogens (primary N) is 1. The first-order valence-corrected chi connectivity index (χ1v) is 7.45. The Bertz CT molecular complexity index is 507. The monoisotopic (exact) mass is 294 g/mol. The fourth-order valence-corrected chi connectivity index (χ4v) is 2.59. The first-order valence-electron chi connectivity index (χ1n) is 7.45. The third-order valence-electron chi connectivity index (χ3n) is 3.85. The molecule has 0 spiro atoms. The molecule has 2 atom stereocenters. The lowest BCUT2D eigenvalue weighted by molar-refractivity contribution is -0.140. The van der Waals surface area contributed by atoms with E-state index in [1.54, 1.807) is 24.0 Å². The average molecular weight is 294 g/mol. The Kier molecular flexibility index (Phi) is 5.31. The van der Waals surface area contributed by atoms with Crippen molar-refractivity contribution in [2.75, 3.05) is 19.7 Å². The van der Waals surface area contributed by atoms with Gasteiger partial charge in [-0.1, -0.05) is 25.5 Å². The predicted molar refractivity (Wildman–Crippen MR) is 79.3 cm³/mol. The van der Waals surface area contributed by atoms with Crippen LogP contribution >= 0.6 is 0 Å². The Morgan fingerprint density at radius 1 is 1.57 bits per heavy atom. The van der Waals surface area contributed by atoms with E-state index in [-0.39, 0.29) is 17.8 Å². The molecule has 0 aliphatic carbocycles. The normalized spacial score (nSPS) is 20.4. The van der Waals surface area contributed by atoms with Crippen molar-refractivity contribution in [2.45, 2.75) is 38.8 Å². The number of rotatable bonds is 4. The lowest BCUT2D eigenvalue weighted by atomic mass is 10.0. The van der Waals surface area contributed by atoms with Gasteiger partial charge < -0.3 is 15.4 Å². The molecule has 5 heteroatoms. The molecule has 1 heterocycles. The molecule has 4 nitrogen and oxygen atoms in total. The third kappa shape index (κ3) is 3.80. The lowest BCUT2D eigenvalue weighted by Gasteiger charge is -2.34. The molecule has 1 fully saturated rings. The van der Waals surface area contributed by atoms with Crippen LogP contribution in [0.25, 0.3) is 0 Å². The number of aryl methyl sites for hydroxylation is 1. The molecule has 2 N–H and O–H groups in total. The summed E-state index contributed by atoms with van der Waals surface area (Å²) in [5.74, 6) is -0.253. The molecule has 1 aromatic rings. The molecule has 1 amide bonds. The summed E-state index contributed by atoms with van der Waals surface area (Å²) < 4.78 is 19.1. The number of carbonyl (C=O) groups is 1. The van der Waals surface area contributed by atoms with Gasteiger partial charge in [-0.2, -0.15) is 0 Å². The van der Waals surface area contributed by atoms with Gasteiger partial charge >= 0.3 is 0 Å². The minimum absolute atomic E-state index is 0.0241. The number of carbonyl (C=O) groups excluding carboxylic acids is 1. The molecule has 1 aromatic carbocycles. The summed E-state index contributed by atoms with van der Waals surface area (Å²) in [6, 6.07) is 4.49. The van der Waals surface area contributed by atoms with E-state index >= 15 is 0 Å². The van der Waals surface area contributed by atoms with E-state index in [1.807, 2.05) is 6.92 Å². The summed E-state index contributed by atoms with van der Waals surface area (Å²) in [5.41, 5.74) is 7.39. The van der Waals surface area contributed by atoms with Gasteiger partial charge in [0.05, 0.1) is 19.2 Å². The van der Waals surface area contributed by atoms with Crippen molar-refractivity contribution in [1.29, 1.82) is 0 Å². The molecule has 1 aliphatic rings. The number of morpholine rings is 1. The van der Waals surface area contributed by atoms with Gasteiger partial charge in [0.25, 0.3) is 0 Å². The molecule has 2 rings (SSSR count). The van der Waals surface area contributed by atoms with Crippen LogP contribution in [0, 0.1) is 12.7 Å². The van der Waals surface area contributed by atoms with Gasteiger partial charge in [-0.3, -0.25) is 4.79 Å². The first kappa shape index (κ1) is 15.9. The highest BCUT2D eigenvalue weighted by Crippen LogP contribution is 2.24. The maximum absolute atomic E-state index is 13.3. The Balaban J connectivity index is 2.06. The van der Waals surface area contributed by atoms with Crippen molar-refractivity contribution >= 4 is 5.91 Å². The van der Waals surface area contributed by atoms with Crippen LogP contribution in [0.4, 0.5) is 4.39 Å². The van der Waals surface area contributed by atoms with Gasteiger partial charge in [-0.05, 0) is 30.5 Å². The second kappa shape index (κ2) is 7.00. The molecule has 1 aliphatic heterocycles. The van der Waals surface area contributed by atoms with Gasteiger partial charge in [0.1, 0.15) is 11.9 Å². The molecule has 1 saturated heterocycles. The minimum atomic E-state index is -0.441. The van der Waals surface area contributed by atoms with Crippen LogP contribution in [-0.4, -0.2) is 36.5 Å². The van der Waals surface area contributed by atoms with Gasteiger partial charge in [0.2, 0.25) is 5.91 Å². The number of nitrogens with zero attached hydrogens (tertiary/aromatic N) is 1.